The van der Waals surface area contributed by atoms with E-state index in [1.54, 1.807) is 19.2 Å². The van der Waals surface area contributed by atoms with Gasteiger partial charge >= 0.3 is 0 Å². The minimum Gasteiger partial charge on any atom is -0.493 e. The fraction of sp³-hybridized carbons (Fsp3) is 0.208. The molecule has 0 aromatic heterocycles. The van der Waals surface area contributed by atoms with Crippen molar-refractivity contribution in [3.63, 3.8) is 0 Å². The summed E-state index contributed by atoms with van der Waals surface area (Å²) >= 11 is 12.6. The van der Waals surface area contributed by atoms with E-state index in [1.807, 2.05) is 56.3 Å². The lowest BCUT2D eigenvalue weighted by Gasteiger charge is -2.15. The number of methoxy groups -OCH3 is 1. The van der Waals surface area contributed by atoms with Crippen LogP contribution in [0, 0.1) is 13.8 Å². The standard InChI is InChI=1S/C24H24Cl2N2O3/c1-15-4-7-18(8-5-15)28-24(29)14-31-23-12-21(26)17(10-22(23)30-3)13-27-19-9-6-16(2)20(25)11-19/h4-12,27H,13-14H2,1-3H3,(H,28,29). The van der Waals surface area contributed by atoms with Crippen LogP contribution in [-0.2, 0) is 11.3 Å². The molecule has 0 radical (unpaired) electrons. The number of aryl methyl sites for hydroxylation is 2. The van der Waals surface area contributed by atoms with Crippen LogP contribution in [0.3, 0.4) is 0 Å². The second-order valence-electron chi connectivity index (χ2n) is 7.11. The number of benzene rings is 3. The van der Waals surface area contributed by atoms with Gasteiger partial charge in [0.25, 0.3) is 5.91 Å². The minimum absolute atomic E-state index is 0.167. The number of amides is 1. The fourth-order valence-electron chi connectivity index (χ4n) is 2.86. The van der Waals surface area contributed by atoms with Gasteiger partial charge in [0.05, 0.1) is 7.11 Å². The van der Waals surface area contributed by atoms with E-state index < -0.39 is 0 Å². The Kier molecular flexibility index (Phi) is 7.66. The van der Waals surface area contributed by atoms with Crippen LogP contribution in [0.4, 0.5) is 11.4 Å². The van der Waals surface area contributed by atoms with E-state index >= 15 is 0 Å². The van der Waals surface area contributed by atoms with E-state index in [9.17, 15) is 4.79 Å². The number of halogens is 2. The van der Waals surface area contributed by atoms with Crippen molar-refractivity contribution in [3.05, 3.63) is 81.3 Å². The highest BCUT2D eigenvalue weighted by molar-refractivity contribution is 6.32. The molecule has 5 nitrogen and oxygen atoms in total. The molecule has 0 saturated heterocycles. The zero-order chi connectivity index (χ0) is 22.4. The number of carbonyl (C=O) groups excluding carboxylic acids is 1. The smallest absolute Gasteiger partial charge is 0.262 e. The van der Waals surface area contributed by atoms with Gasteiger partial charge in [0.2, 0.25) is 0 Å². The first-order valence-electron chi connectivity index (χ1n) is 9.71. The molecule has 2 N–H and O–H groups in total. The van der Waals surface area contributed by atoms with Crippen LogP contribution in [-0.4, -0.2) is 19.6 Å². The summed E-state index contributed by atoms with van der Waals surface area (Å²) in [6.45, 7) is 4.25. The first kappa shape index (κ1) is 22.8. The lowest BCUT2D eigenvalue weighted by Crippen LogP contribution is -2.20. The monoisotopic (exact) mass is 458 g/mol. The Bertz CT molecular complexity index is 1070. The van der Waals surface area contributed by atoms with Gasteiger partial charge in [0.1, 0.15) is 0 Å². The van der Waals surface area contributed by atoms with Crippen LogP contribution in [0.5, 0.6) is 11.5 Å². The van der Waals surface area contributed by atoms with Crippen LogP contribution in [0.25, 0.3) is 0 Å². The van der Waals surface area contributed by atoms with E-state index in [0.717, 1.165) is 22.4 Å². The molecule has 0 heterocycles. The summed E-state index contributed by atoms with van der Waals surface area (Å²) in [5, 5.41) is 7.28. The van der Waals surface area contributed by atoms with Gasteiger partial charge in [0, 0.05) is 34.0 Å². The molecule has 3 aromatic rings. The number of rotatable bonds is 8. The van der Waals surface area contributed by atoms with Crippen molar-refractivity contribution < 1.29 is 14.3 Å². The SMILES string of the molecule is COc1cc(CNc2ccc(C)c(Cl)c2)c(Cl)cc1OCC(=O)Nc1ccc(C)cc1. The van der Waals surface area contributed by atoms with Crippen LogP contribution < -0.4 is 20.1 Å². The zero-order valence-corrected chi connectivity index (χ0v) is 19.1. The van der Waals surface area contributed by atoms with Gasteiger partial charge in [-0.15, -0.1) is 0 Å². The first-order valence-corrected chi connectivity index (χ1v) is 10.5. The van der Waals surface area contributed by atoms with Crippen LogP contribution in [0.1, 0.15) is 16.7 Å². The molecule has 3 rings (SSSR count). The molecule has 3 aromatic carbocycles. The maximum absolute atomic E-state index is 12.2. The first-order chi connectivity index (χ1) is 14.9. The quantitative estimate of drug-likeness (QED) is 0.418. The van der Waals surface area contributed by atoms with E-state index in [1.165, 1.54) is 0 Å². The third-order valence-electron chi connectivity index (χ3n) is 4.68. The van der Waals surface area contributed by atoms with Crippen molar-refractivity contribution in [3.8, 4) is 11.5 Å². The zero-order valence-electron chi connectivity index (χ0n) is 17.6. The molecule has 0 fully saturated rings. The second kappa shape index (κ2) is 10.4. The summed E-state index contributed by atoms with van der Waals surface area (Å²) in [4.78, 5) is 12.2. The van der Waals surface area contributed by atoms with Crippen molar-refractivity contribution in [2.75, 3.05) is 24.4 Å². The summed E-state index contributed by atoms with van der Waals surface area (Å²) in [6.07, 6.45) is 0. The van der Waals surface area contributed by atoms with E-state index in [0.29, 0.717) is 33.8 Å². The Labute approximate surface area is 192 Å². The average molecular weight is 459 g/mol. The molecular formula is C24H24Cl2N2O3. The normalized spacial score (nSPS) is 10.5. The van der Waals surface area contributed by atoms with Gasteiger partial charge in [-0.25, -0.2) is 0 Å². The lowest BCUT2D eigenvalue weighted by molar-refractivity contribution is -0.118. The highest BCUT2D eigenvalue weighted by atomic mass is 35.5. The summed E-state index contributed by atoms with van der Waals surface area (Å²) in [6, 6.07) is 16.7. The molecule has 162 valence electrons. The van der Waals surface area contributed by atoms with Crippen molar-refractivity contribution in [1.29, 1.82) is 0 Å². The Morgan fingerprint density at radius 1 is 0.903 bits per heavy atom. The Balaban J connectivity index is 1.63. The van der Waals surface area contributed by atoms with Crippen molar-refractivity contribution in [2.24, 2.45) is 0 Å². The van der Waals surface area contributed by atoms with Gasteiger partial charge < -0.3 is 20.1 Å². The number of hydrogen-bond acceptors (Lipinski definition) is 4. The second-order valence-corrected chi connectivity index (χ2v) is 7.93. The topological polar surface area (TPSA) is 59.6 Å². The molecule has 0 unspecified atom stereocenters. The van der Waals surface area contributed by atoms with Crippen LogP contribution in [0.15, 0.2) is 54.6 Å². The Morgan fingerprint density at radius 2 is 1.61 bits per heavy atom. The maximum atomic E-state index is 12.2. The highest BCUT2D eigenvalue weighted by Crippen LogP contribution is 2.34. The van der Waals surface area contributed by atoms with Gasteiger partial charge in [-0.2, -0.15) is 0 Å². The van der Waals surface area contributed by atoms with Crippen LogP contribution in [0.2, 0.25) is 10.0 Å². The van der Waals surface area contributed by atoms with E-state index in [-0.39, 0.29) is 12.5 Å². The predicted octanol–water partition coefficient (Wildman–Crippen LogP) is 6.25. The van der Waals surface area contributed by atoms with Crippen molar-refractivity contribution in [2.45, 2.75) is 20.4 Å². The number of nitrogens with one attached hydrogen (secondary N) is 2. The fourth-order valence-corrected chi connectivity index (χ4v) is 3.26. The van der Waals surface area contributed by atoms with Crippen LogP contribution >= 0.6 is 23.2 Å². The molecule has 0 spiro atoms. The number of carbonyl (C=O) groups is 1. The molecule has 0 bridgehead atoms. The average Bonchev–Trinajstić information content (AvgIpc) is 2.75. The number of anilines is 2. The Morgan fingerprint density at radius 3 is 2.29 bits per heavy atom. The summed E-state index contributed by atoms with van der Waals surface area (Å²) < 4.78 is 11.1. The van der Waals surface area contributed by atoms with Gasteiger partial charge in [0.15, 0.2) is 18.1 Å². The third-order valence-corrected chi connectivity index (χ3v) is 5.44. The van der Waals surface area contributed by atoms with E-state index in [2.05, 4.69) is 10.6 Å². The van der Waals surface area contributed by atoms with E-state index in [4.69, 9.17) is 32.7 Å². The predicted molar refractivity (Wildman–Crippen MR) is 127 cm³/mol. The molecule has 0 aliphatic carbocycles. The minimum atomic E-state index is -0.274. The molecule has 7 heteroatoms. The highest BCUT2D eigenvalue weighted by Gasteiger charge is 2.13. The molecule has 0 aliphatic rings. The summed E-state index contributed by atoms with van der Waals surface area (Å²) in [5.74, 6) is 0.615. The van der Waals surface area contributed by atoms with Gasteiger partial charge in [-0.05, 0) is 55.3 Å². The lowest BCUT2D eigenvalue weighted by atomic mass is 10.1. The molecule has 0 atom stereocenters. The number of ether oxygens (including phenoxy) is 2. The maximum Gasteiger partial charge on any atom is 0.262 e. The summed E-state index contributed by atoms with van der Waals surface area (Å²) in [5.41, 5.74) is 4.56. The number of hydrogen-bond donors (Lipinski definition) is 2. The van der Waals surface area contributed by atoms with Gasteiger partial charge in [-0.3, -0.25) is 4.79 Å². The van der Waals surface area contributed by atoms with Crippen molar-refractivity contribution in [1.82, 2.24) is 0 Å². The molecular weight excluding hydrogens is 435 g/mol. The van der Waals surface area contributed by atoms with Gasteiger partial charge in [-0.1, -0.05) is 47.0 Å². The third kappa shape index (κ3) is 6.29. The summed E-state index contributed by atoms with van der Waals surface area (Å²) in [7, 11) is 1.54. The molecule has 0 saturated carbocycles. The molecule has 0 aliphatic heterocycles. The molecule has 1 amide bonds. The van der Waals surface area contributed by atoms with Crippen molar-refractivity contribution >= 4 is 40.5 Å². The molecule has 31 heavy (non-hydrogen) atoms. The Hall–Kier alpha value is -2.89. The largest absolute Gasteiger partial charge is 0.493 e.